The minimum Gasteiger partial charge on any atom is -0.444 e. The lowest BCUT2D eigenvalue weighted by Gasteiger charge is -2.18. The molecule has 2 aromatic rings. The largest absolute Gasteiger partial charge is 0.444 e. The Kier molecular flexibility index (Phi) is 2.63. The summed E-state index contributed by atoms with van der Waals surface area (Å²) in [6.45, 7) is 4.68. The van der Waals surface area contributed by atoms with Gasteiger partial charge in [-0.1, -0.05) is 19.9 Å². The number of rotatable bonds is 3. The maximum absolute atomic E-state index is 5.69. The predicted molar refractivity (Wildman–Crippen MR) is 61.9 cm³/mol. The lowest BCUT2D eigenvalue weighted by molar-refractivity contribution is 0.512. The van der Waals surface area contributed by atoms with E-state index in [4.69, 9.17) is 10.2 Å². The number of hydrogen-bond acceptors (Lipinski definition) is 4. The highest BCUT2D eigenvalue weighted by Crippen LogP contribution is 2.28. The zero-order valence-electron chi connectivity index (χ0n) is 8.86. The summed E-state index contributed by atoms with van der Waals surface area (Å²) in [4.78, 5) is 5.51. The lowest BCUT2D eigenvalue weighted by atomic mass is 9.90. The van der Waals surface area contributed by atoms with Crippen molar-refractivity contribution in [2.75, 3.05) is 6.54 Å². The van der Waals surface area contributed by atoms with Crippen molar-refractivity contribution in [1.82, 2.24) is 4.98 Å². The number of hydrogen-bond donors (Lipinski definition) is 1. The molecule has 0 saturated heterocycles. The first-order valence-corrected chi connectivity index (χ1v) is 5.71. The summed E-state index contributed by atoms with van der Waals surface area (Å²) < 4.78 is 5.44. The molecular weight excluding hydrogens is 208 g/mol. The predicted octanol–water partition coefficient (Wildman–Crippen LogP) is 2.64. The zero-order valence-corrected chi connectivity index (χ0v) is 9.67. The molecule has 15 heavy (non-hydrogen) atoms. The first-order valence-electron chi connectivity index (χ1n) is 4.83. The molecule has 0 aliphatic heterocycles. The molecule has 2 heterocycles. The van der Waals surface area contributed by atoms with Gasteiger partial charge in [0.2, 0.25) is 5.89 Å². The van der Waals surface area contributed by atoms with E-state index in [-0.39, 0.29) is 5.41 Å². The monoisotopic (exact) mass is 222 g/mol. The van der Waals surface area contributed by atoms with E-state index in [0.717, 1.165) is 10.6 Å². The third-order valence-corrected chi connectivity index (χ3v) is 3.30. The maximum Gasteiger partial charge on any atom is 0.236 e. The summed E-state index contributed by atoms with van der Waals surface area (Å²) in [5, 5.41) is 2.01. The first kappa shape index (κ1) is 10.4. The molecule has 0 fully saturated rings. The standard InChI is InChI=1S/C11H14N2OS/c1-11(2,7-12)9-6-14-10(13-9)8-4-3-5-15-8/h3-6H,7,12H2,1-2H3. The second kappa shape index (κ2) is 3.79. The molecule has 2 aromatic heterocycles. The summed E-state index contributed by atoms with van der Waals surface area (Å²) in [5.41, 5.74) is 6.47. The van der Waals surface area contributed by atoms with Crippen LogP contribution in [0.5, 0.6) is 0 Å². The normalized spacial score (nSPS) is 11.9. The number of nitrogens with zero attached hydrogens (tertiary/aromatic N) is 1. The molecule has 0 radical (unpaired) electrons. The molecule has 0 amide bonds. The molecule has 0 saturated carbocycles. The van der Waals surface area contributed by atoms with Gasteiger partial charge in [0.05, 0.1) is 10.6 Å². The fourth-order valence-corrected chi connectivity index (χ4v) is 1.86. The summed E-state index contributed by atoms with van der Waals surface area (Å²) >= 11 is 1.62. The molecule has 0 unspecified atom stereocenters. The molecule has 0 atom stereocenters. The van der Waals surface area contributed by atoms with Crippen LogP contribution in [-0.4, -0.2) is 11.5 Å². The van der Waals surface area contributed by atoms with Gasteiger partial charge in [0.25, 0.3) is 0 Å². The van der Waals surface area contributed by atoms with E-state index >= 15 is 0 Å². The van der Waals surface area contributed by atoms with Crippen LogP contribution < -0.4 is 5.73 Å². The molecule has 4 heteroatoms. The molecule has 3 nitrogen and oxygen atoms in total. The lowest BCUT2D eigenvalue weighted by Crippen LogP contribution is -2.28. The first-order chi connectivity index (χ1) is 7.13. The summed E-state index contributed by atoms with van der Waals surface area (Å²) in [7, 11) is 0. The summed E-state index contributed by atoms with van der Waals surface area (Å²) in [6.07, 6.45) is 1.70. The highest BCUT2D eigenvalue weighted by molar-refractivity contribution is 7.13. The van der Waals surface area contributed by atoms with Gasteiger partial charge in [-0.3, -0.25) is 0 Å². The van der Waals surface area contributed by atoms with Crippen molar-refractivity contribution >= 4 is 11.3 Å². The van der Waals surface area contributed by atoms with Crippen LogP contribution in [0.25, 0.3) is 10.8 Å². The van der Waals surface area contributed by atoms with Crippen LogP contribution in [0, 0.1) is 0 Å². The average Bonchev–Trinajstić information content (AvgIpc) is 2.88. The van der Waals surface area contributed by atoms with Crippen LogP contribution in [0.15, 0.2) is 28.2 Å². The third-order valence-electron chi connectivity index (χ3n) is 2.44. The zero-order chi connectivity index (χ0) is 10.9. The van der Waals surface area contributed by atoms with Crippen molar-refractivity contribution < 1.29 is 4.42 Å². The average molecular weight is 222 g/mol. The van der Waals surface area contributed by atoms with Crippen LogP contribution >= 0.6 is 11.3 Å². The second-order valence-corrected chi connectivity index (χ2v) is 5.05. The molecule has 80 valence electrons. The number of aromatic nitrogens is 1. The molecular formula is C11H14N2OS. The Morgan fingerprint density at radius 2 is 2.33 bits per heavy atom. The SMILES string of the molecule is CC(C)(CN)c1coc(-c2cccs2)n1. The minimum atomic E-state index is -0.126. The Morgan fingerprint density at radius 3 is 2.93 bits per heavy atom. The molecule has 0 aliphatic rings. The highest BCUT2D eigenvalue weighted by Gasteiger charge is 2.23. The van der Waals surface area contributed by atoms with E-state index in [2.05, 4.69) is 18.8 Å². The van der Waals surface area contributed by atoms with Gasteiger partial charge >= 0.3 is 0 Å². The van der Waals surface area contributed by atoms with Crippen molar-refractivity contribution in [3.63, 3.8) is 0 Å². The number of nitrogens with two attached hydrogens (primary N) is 1. The molecule has 0 aromatic carbocycles. The van der Waals surface area contributed by atoms with Gasteiger partial charge in [-0.2, -0.15) is 0 Å². The van der Waals surface area contributed by atoms with Crippen molar-refractivity contribution in [3.8, 4) is 10.8 Å². The van der Waals surface area contributed by atoms with E-state index in [1.807, 2.05) is 17.5 Å². The van der Waals surface area contributed by atoms with Crippen molar-refractivity contribution in [2.24, 2.45) is 5.73 Å². The Labute approximate surface area is 92.9 Å². The van der Waals surface area contributed by atoms with E-state index < -0.39 is 0 Å². The number of thiophene rings is 1. The van der Waals surface area contributed by atoms with Crippen LogP contribution in [0.2, 0.25) is 0 Å². The van der Waals surface area contributed by atoms with Crippen LogP contribution in [0.1, 0.15) is 19.5 Å². The van der Waals surface area contributed by atoms with E-state index in [1.54, 1.807) is 17.6 Å². The van der Waals surface area contributed by atoms with Crippen LogP contribution in [0.4, 0.5) is 0 Å². The van der Waals surface area contributed by atoms with Crippen LogP contribution in [-0.2, 0) is 5.41 Å². The van der Waals surface area contributed by atoms with E-state index in [1.165, 1.54) is 0 Å². The van der Waals surface area contributed by atoms with Gasteiger partial charge in [0.1, 0.15) is 6.26 Å². The highest BCUT2D eigenvalue weighted by atomic mass is 32.1. The number of oxazole rings is 1. The fraction of sp³-hybridized carbons (Fsp3) is 0.364. The maximum atomic E-state index is 5.69. The molecule has 0 spiro atoms. The van der Waals surface area contributed by atoms with Gasteiger partial charge in [-0.25, -0.2) is 4.98 Å². The fourth-order valence-electron chi connectivity index (χ4n) is 1.20. The molecule has 2 rings (SSSR count). The van der Waals surface area contributed by atoms with E-state index in [0.29, 0.717) is 12.4 Å². The van der Waals surface area contributed by atoms with Crippen LogP contribution in [0.3, 0.4) is 0 Å². The molecule has 0 aliphatic carbocycles. The summed E-state index contributed by atoms with van der Waals surface area (Å²) in [6, 6.07) is 3.98. The van der Waals surface area contributed by atoms with Gasteiger partial charge < -0.3 is 10.2 Å². The van der Waals surface area contributed by atoms with Crippen molar-refractivity contribution in [3.05, 3.63) is 29.5 Å². The smallest absolute Gasteiger partial charge is 0.236 e. The van der Waals surface area contributed by atoms with Gasteiger partial charge in [-0.15, -0.1) is 11.3 Å². The third kappa shape index (κ3) is 1.96. The Hall–Kier alpha value is -1.13. The van der Waals surface area contributed by atoms with Gasteiger partial charge in [0.15, 0.2) is 0 Å². The summed E-state index contributed by atoms with van der Waals surface area (Å²) in [5.74, 6) is 0.682. The second-order valence-electron chi connectivity index (χ2n) is 4.10. The van der Waals surface area contributed by atoms with Crippen molar-refractivity contribution in [2.45, 2.75) is 19.3 Å². The van der Waals surface area contributed by atoms with E-state index in [9.17, 15) is 0 Å². The van der Waals surface area contributed by atoms with Gasteiger partial charge in [0, 0.05) is 12.0 Å². The Morgan fingerprint density at radius 1 is 1.53 bits per heavy atom. The van der Waals surface area contributed by atoms with Gasteiger partial charge in [-0.05, 0) is 11.4 Å². The van der Waals surface area contributed by atoms with Crippen molar-refractivity contribution in [1.29, 1.82) is 0 Å². The Bertz CT molecular complexity index is 431. The minimum absolute atomic E-state index is 0.126. The quantitative estimate of drug-likeness (QED) is 0.868. The molecule has 0 bridgehead atoms. The Balaban J connectivity index is 2.33. The molecule has 2 N–H and O–H groups in total. The topological polar surface area (TPSA) is 52.0 Å².